The molecule has 0 aliphatic rings. The van der Waals surface area contributed by atoms with E-state index in [9.17, 15) is 14.7 Å². The standard InChI is InChI=1S/C27H28N6O4S/c1-2-37-26(36)23(16-19-8-10-22(34)11-9-19)30-25(35)18-38-27-32-31-24(17-29-20-12-14-28-15-13-20)33(27)21-6-4-3-5-7-21/h3-15,23,34H,2,16-18H2,1H3,(H,28,29)(H,30,35). The Bertz CT molecular complexity index is 1330. The van der Waals surface area contributed by atoms with Crippen molar-refractivity contribution in [1.82, 2.24) is 25.1 Å². The Hall–Kier alpha value is -4.38. The number of nitrogens with zero attached hydrogens (tertiary/aromatic N) is 4. The Morgan fingerprint density at radius 3 is 2.47 bits per heavy atom. The lowest BCUT2D eigenvalue weighted by atomic mass is 10.1. The van der Waals surface area contributed by atoms with Crippen LogP contribution >= 0.6 is 11.8 Å². The van der Waals surface area contributed by atoms with Gasteiger partial charge in [0.2, 0.25) is 5.91 Å². The Labute approximate surface area is 224 Å². The van der Waals surface area contributed by atoms with Gasteiger partial charge in [-0.3, -0.25) is 14.3 Å². The van der Waals surface area contributed by atoms with E-state index in [0.29, 0.717) is 17.5 Å². The fraction of sp³-hybridized carbons (Fsp3) is 0.222. The molecule has 1 atom stereocenters. The molecule has 0 saturated heterocycles. The summed E-state index contributed by atoms with van der Waals surface area (Å²) in [5, 5.41) is 24.8. The lowest BCUT2D eigenvalue weighted by molar-refractivity contribution is -0.147. The minimum atomic E-state index is -0.861. The molecule has 0 spiro atoms. The number of carbonyl (C=O) groups excluding carboxylic acids is 2. The molecular weight excluding hydrogens is 504 g/mol. The molecule has 2 aromatic heterocycles. The highest BCUT2D eigenvalue weighted by atomic mass is 32.2. The first-order valence-corrected chi connectivity index (χ1v) is 13.0. The van der Waals surface area contributed by atoms with Gasteiger partial charge in [0.25, 0.3) is 0 Å². The fourth-order valence-electron chi connectivity index (χ4n) is 3.67. The largest absolute Gasteiger partial charge is 0.508 e. The predicted octanol–water partition coefficient (Wildman–Crippen LogP) is 3.36. The minimum Gasteiger partial charge on any atom is -0.508 e. The van der Waals surface area contributed by atoms with Gasteiger partial charge in [-0.15, -0.1) is 10.2 Å². The highest BCUT2D eigenvalue weighted by Crippen LogP contribution is 2.23. The number of pyridine rings is 1. The molecule has 0 fully saturated rings. The third-order valence-corrected chi connectivity index (χ3v) is 6.39. The van der Waals surface area contributed by atoms with Gasteiger partial charge in [-0.05, 0) is 48.9 Å². The summed E-state index contributed by atoms with van der Waals surface area (Å²) in [7, 11) is 0. The molecule has 0 aliphatic heterocycles. The van der Waals surface area contributed by atoms with Gasteiger partial charge in [-0.25, -0.2) is 4.79 Å². The summed E-state index contributed by atoms with van der Waals surface area (Å²) in [6, 6.07) is 19.0. The van der Waals surface area contributed by atoms with Crippen LogP contribution in [-0.2, 0) is 27.3 Å². The second-order valence-corrected chi connectivity index (χ2v) is 9.13. The van der Waals surface area contributed by atoms with E-state index in [1.165, 1.54) is 23.9 Å². The summed E-state index contributed by atoms with van der Waals surface area (Å²) in [5.74, 6) is -0.0389. The lowest BCUT2D eigenvalue weighted by Crippen LogP contribution is -2.44. The van der Waals surface area contributed by atoms with Crippen molar-refractivity contribution in [2.24, 2.45) is 0 Å². The van der Waals surface area contributed by atoms with Gasteiger partial charge < -0.3 is 20.5 Å². The molecule has 3 N–H and O–H groups in total. The van der Waals surface area contributed by atoms with Gasteiger partial charge in [-0.1, -0.05) is 42.1 Å². The molecule has 1 amide bonds. The number of phenols is 1. The number of ether oxygens (including phenoxy) is 1. The topological polar surface area (TPSA) is 131 Å². The first-order valence-electron chi connectivity index (χ1n) is 12.0. The Kier molecular flexibility index (Phi) is 9.30. The Balaban J connectivity index is 1.45. The SMILES string of the molecule is CCOC(=O)C(Cc1ccc(O)cc1)NC(=O)CSc1nnc(CNc2ccncc2)n1-c1ccccc1. The van der Waals surface area contributed by atoms with Crippen molar-refractivity contribution in [3.05, 3.63) is 90.5 Å². The van der Waals surface area contributed by atoms with Crippen LogP contribution in [0.4, 0.5) is 5.69 Å². The maximum absolute atomic E-state index is 12.9. The molecule has 10 nitrogen and oxygen atoms in total. The van der Waals surface area contributed by atoms with Crippen molar-refractivity contribution < 1.29 is 19.4 Å². The summed E-state index contributed by atoms with van der Waals surface area (Å²) in [6.45, 7) is 2.33. The number of para-hydroxylation sites is 1. The van der Waals surface area contributed by atoms with E-state index in [0.717, 1.165) is 16.9 Å². The number of phenolic OH excluding ortho intramolecular Hbond substituents is 1. The van der Waals surface area contributed by atoms with E-state index in [4.69, 9.17) is 4.74 Å². The number of hydrogen-bond acceptors (Lipinski definition) is 9. The minimum absolute atomic E-state index is 0.0221. The average Bonchev–Trinajstić information content (AvgIpc) is 3.35. The zero-order valence-electron chi connectivity index (χ0n) is 20.8. The number of aromatic hydroxyl groups is 1. The van der Waals surface area contributed by atoms with Crippen LogP contribution in [0.15, 0.2) is 84.3 Å². The molecule has 0 saturated carbocycles. The van der Waals surface area contributed by atoms with Crippen molar-refractivity contribution in [3.63, 3.8) is 0 Å². The molecular formula is C27H28N6O4S. The highest BCUT2D eigenvalue weighted by molar-refractivity contribution is 7.99. The molecule has 2 aromatic carbocycles. The van der Waals surface area contributed by atoms with Gasteiger partial charge in [0, 0.05) is 30.2 Å². The Morgan fingerprint density at radius 2 is 1.76 bits per heavy atom. The van der Waals surface area contributed by atoms with Crippen molar-refractivity contribution in [2.45, 2.75) is 31.1 Å². The summed E-state index contributed by atoms with van der Waals surface area (Å²) in [4.78, 5) is 29.4. The number of nitrogens with one attached hydrogen (secondary N) is 2. The number of rotatable bonds is 12. The average molecular weight is 533 g/mol. The van der Waals surface area contributed by atoms with Crippen molar-refractivity contribution in [1.29, 1.82) is 0 Å². The van der Waals surface area contributed by atoms with E-state index in [1.54, 1.807) is 31.5 Å². The van der Waals surface area contributed by atoms with Crippen molar-refractivity contribution in [2.75, 3.05) is 17.7 Å². The van der Waals surface area contributed by atoms with Gasteiger partial charge in [0.15, 0.2) is 11.0 Å². The second kappa shape index (κ2) is 13.2. The second-order valence-electron chi connectivity index (χ2n) is 8.19. The van der Waals surface area contributed by atoms with Gasteiger partial charge in [0.05, 0.1) is 18.9 Å². The number of amides is 1. The summed E-state index contributed by atoms with van der Waals surface area (Å²) < 4.78 is 7.05. The van der Waals surface area contributed by atoms with E-state index in [2.05, 4.69) is 25.8 Å². The molecule has 11 heteroatoms. The maximum atomic E-state index is 12.9. The molecule has 0 bridgehead atoms. The molecule has 1 unspecified atom stereocenters. The maximum Gasteiger partial charge on any atom is 0.328 e. The monoisotopic (exact) mass is 532 g/mol. The molecule has 38 heavy (non-hydrogen) atoms. The third-order valence-electron chi connectivity index (χ3n) is 5.46. The fourth-order valence-corrected chi connectivity index (χ4v) is 4.45. The number of carbonyl (C=O) groups is 2. The van der Waals surface area contributed by atoms with Crippen LogP contribution in [0.25, 0.3) is 5.69 Å². The molecule has 4 aromatic rings. The molecule has 196 valence electrons. The zero-order valence-corrected chi connectivity index (χ0v) is 21.6. The summed E-state index contributed by atoms with van der Waals surface area (Å²) >= 11 is 1.22. The third kappa shape index (κ3) is 7.32. The van der Waals surface area contributed by atoms with Crippen molar-refractivity contribution >= 4 is 29.3 Å². The smallest absolute Gasteiger partial charge is 0.328 e. The van der Waals surface area contributed by atoms with Crippen LogP contribution in [0.5, 0.6) is 5.75 Å². The molecule has 4 rings (SSSR count). The van der Waals surface area contributed by atoms with Crippen LogP contribution in [0, 0.1) is 0 Å². The number of anilines is 1. The van der Waals surface area contributed by atoms with E-state index in [1.807, 2.05) is 47.0 Å². The number of benzene rings is 2. The van der Waals surface area contributed by atoms with E-state index >= 15 is 0 Å². The van der Waals surface area contributed by atoms with Gasteiger partial charge in [-0.2, -0.15) is 0 Å². The van der Waals surface area contributed by atoms with Crippen LogP contribution in [0.3, 0.4) is 0 Å². The zero-order chi connectivity index (χ0) is 26.7. The highest BCUT2D eigenvalue weighted by Gasteiger charge is 2.23. The predicted molar refractivity (Wildman–Crippen MR) is 144 cm³/mol. The number of thioether (sulfide) groups is 1. The van der Waals surface area contributed by atoms with E-state index < -0.39 is 12.0 Å². The summed E-state index contributed by atoms with van der Waals surface area (Å²) in [6.07, 6.45) is 3.64. The van der Waals surface area contributed by atoms with Crippen molar-refractivity contribution in [3.8, 4) is 11.4 Å². The number of hydrogen-bond donors (Lipinski definition) is 3. The first kappa shape index (κ1) is 26.7. The molecule has 0 aliphatic carbocycles. The van der Waals surface area contributed by atoms with Crippen LogP contribution < -0.4 is 10.6 Å². The van der Waals surface area contributed by atoms with Crippen LogP contribution in [0.2, 0.25) is 0 Å². The normalized spacial score (nSPS) is 11.5. The molecule has 0 radical (unpaired) electrons. The van der Waals surface area contributed by atoms with E-state index in [-0.39, 0.29) is 30.4 Å². The lowest BCUT2D eigenvalue weighted by Gasteiger charge is -2.17. The van der Waals surface area contributed by atoms with Gasteiger partial charge in [0.1, 0.15) is 11.8 Å². The summed E-state index contributed by atoms with van der Waals surface area (Å²) in [5.41, 5.74) is 2.54. The number of aromatic nitrogens is 4. The first-order chi connectivity index (χ1) is 18.5. The van der Waals surface area contributed by atoms with Gasteiger partial charge >= 0.3 is 5.97 Å². The van der Waals surface area contributed by atoms with Crippen LogP contribution in [-0.4, -0.2) is 55.1 Å². The van der Waals surface area contributed by atoms with Crippen LogP contribution in [0.1, 0.15) is 18.3 Å². The molecule has 2 heterocycles. The quantitative estimate of drug-likeness (QED) is 0.186. The number of esters is 1. The Morgan fingerprint density at radius 1 is 1.03 bits per heavy atom.